The van der Waals surface area contributed by atoms with E-state index in [1.54, 1.807) is 0 Å². The molecule has 0 spiro atoms. The highest BCUT2D eigenvalue weighted by Crippen LogP contribution is 1.66. The lowest BCUT2D eigenvalue weighted by Gasteiger charge is -1.97. The highest BCUT2D eigenvalue weighted by atomic mass is 15.0. The molecule has 8 N–H and O–H groups in total. The fourth-order valence-electron chi connectivity index (χ4n) is 0.211. The van der Waals surface area contributed by atoms with Crippen molar-refractivity contribution in [1.82, 2.24) is 0 Å². The Hall–Kier alpha value is -0.810. The summed E-state index contributed by atoms with van der Waals surface area (Å²) in [6.45, 7) is 0.280. The second kappa shape index (κ2) is 3.23. The smallest absolute Gasteiger partial charge is 0.186 e. The van der Waals surface area contributed by atoms with Crippen molar-refractivity contribution in [2.75, 3.05) is 6.54 Å². The van der Waals surface area contributed by atoms with E-state index in [0.29, 0.717) is 0 Å². The van der Waals surface area contributed by atoms with Crippen LogP contribution in [0.15, 0.2) is 4.99 Å². The maximum absolute atomic E-state index is 5.10. The van der Waals surface area contributed by atoms with Gasteiger partial charge in [-0.25, -0.2) is 0 Å². The molecule has 0 aromatic rings. The fourth-order valence-corrected chi connectivity index (χ4v) is 0.211. The predicted molar refractivity (Wildman–Crippen MR) is 32.8 cm³/mol. The summed E-state index contributed by atoms with van der Waals surface area (Å²) in [5.41, 5.74) is 20.1. The Kier molecular flexibility index (Phi) is 2.90. The lowest BCUT2D eigenvalue weighted by Crippen LogP contribution is -2.35. The molecule has 0 aromatic carbocycles. The Morgan fingerprint density at radius 3 is 2.00 bits per heavy atom. The van der Waals surface area contributed by atoms with Crippen molar-refractivity contribution < 1.29 is 0 Å². The number of aliphatic imine (C=N–C) groups is 1. The van der Waals surface area contributed by atoms with Crippen molar-refractivity contribution in [2.24, 2.45) is 27.9 Å². The quantitative estimate of drug-likeness (QED) is 0.182. The van der Waals surface area contributed by atoms with Gasteiger partial charge in [-0.3, -0.25) is 4.99 Å². The van der Waals surface area contributed by atoms with Gasteiger partial charge in [-0.1, -0.05) is 0 Å². The van der Waals surface area contributed by atoms with Gasteiger partial charge in [0.15, 0.2) is 5.96 Å². The van der Waals surface area contributed by atoms with Crippen molar-refractivity contribution in [3.8, 4) is 0 Å². The van der Waals surface area contributed by atoms with Crippen LogP contribution in [0.4, 0.5) is 0 Å². The van der Waals surface area contributed by atoms with Crippen molar-refractivity contribution in [3.05, 3.63) is 0 Å². The van der Waals surface area contributed by atoms with E-state index in [9.17, 15) is 0 Å². The summed E-state index contributed by atoms with van der Waals surface area (Å²) in [6.07, 6.45) is -0.461. The van der Waals surface area contributed by atoms with E-state index in [1.807, 2.05) is 0 Å². The third-order valence-electron chi connectivity index (χ3n) is 0.485. The summed E-state index contributed by atoms with van der Waals surface area (Å²) >= 11 is 0. The summed E-state index contributed by atoms with van der Waals surface area (Å²) in [5, 5.41) is 0. The normalized spacial score (nSPS) is 9.38. The minimum absolute atomic E-state index is 0.0194. The third-order valence-corrected chi connectivity index (χ3v) is 0.485. The predicted octanol–water partition coefficient (Wildman–Crippen LogP) is -2.50. The Bertz CT molecular complexity index is 81.7. The zero-order valence-corrected chi connectivity index (χ0v) is 4.54. The molecule has 0 unspecified atom stereocenters. The number of hydrogen-bond acceptors (Lipinski definition) is 3. The van der Waals surface area contributed by atoms with Crippen molar-refractivity contribution in [1.29, 1.82) is 0 Å². The van der Waals surface area contributed by atoms with E-state index in [1.165, 1.54) is 0 Å². The molecule has 0 amide bonds. The molecule has 0 aromatic heterocycles. The molecule has 0 heterocycles. The molecule has 0 atom stereocenters. The lowest BCUT2D eigenvalue weighted by atomic mass is 10.5. The minimum atomic E-state index is -0.461. The summed E-state index contributed by atoms with van der Waals surface area (Å²) in [5.74, 6) is 0.0194. The van der Waals surface area contributed by atoms with Crippen LogP contribution in [0.2, 0.25) is 0 Å². The second-order valence-electron chi connectivity index (χ2n) is 1.43. The van der Waals surface area contributed by atoms with E-state index in [4.69, 9.17) is 22.9 Å². The van der Waals surface area contributed by atoms with Gasteiger partial charge in [-0.05, 0) is 0 Å². The standard InChI is InChI=1S/C3H11N5/c4-2(5)1-8-3(6)7/h2H,1,4-5H2,(H4,6,7,8). The van der Waals surface area contributed by atoms with E-state index < -0.39 is 6.17 Å². The molecule has 0 rings (SSSR count). The molecule has 0 saturated heterocycles. The van der Waals surface area contributed by atoms with Gasteiger partial charge in [0, 0.05) is 0 Å². The number of nitrogens with two attached hydrogens (primary N) is 4. The van der Waals surface area contributed by atoms with Crippen LogP contribution in [0.5, 0.6) is 0 Å². The van der Waals surface area contributed by atoms with Gasteiger partial charge < -0.3 is 22.9 Å². The lowest BCUT2D eigenvalue weighted by molar-refractivity contribution is 0.718. The van der Waals surface area contributed by atoms with E-state index in [2.05, 4.69) is 4.99 Å². The number of guanidine groups is 1. The van der Waals surface area contributed by atoms with Crippen LogP contribution in [0.3, 0.4) is 0 Å². The zero-order valence-electron chi connectivity index (χ0n) is 4.54. The largest absolute Gasteiger partial charge is 0.370 e. The highest BCUT2D eigenvalue weighted by Gasteiger charge is 1.88. The molecule has 0 aliphatic rings. The molecule has 0 radical (unpaired) electrons. The van der Waals surface area contributed by atoms with Crippen LogP contribution in [0.1, 0.15) is 0 Å². The van der Waals surface area contributed by atoms with Crippen LogP contribution < -0.4 is 22.9 Å². The Morgan fingerprint density at radius 1 is 1.38 bits per heavy atom. The van der Waals surface area contributed by atoms with Crippen LogP contribution in [-0.2, 0) is 0 Å². The van der Waals surface area contributed by atoms with Gasteiger partial charge in [0.1, 0.15) is 0 Å². The molecule has 0 aliphatic heterocycles. The first-order chi connectivity index (χ1) is 3.63. The fraction of sp³-hybridized carbons (Fsp3) is 0.667. The van der Waals surface area contributed by atoms with Gasteiger partial charge in [-0.15, -0.1) is 0 Å². The van der Waals surface area contributed by atoms with Crippen molar-refractivity contribution in [2.45, 2.75) is 6.17 Å². The molecular weight excluding hydrogens is 106 g/mol. The Balaban J connectivity index is 3.29. The van der Waals surface area contributed by atoms with Crippen LogP contribution >= 0.6 is 0 Å². The minimum Gasteiger partial charge on any atom is -0.370 e. The van der Waals surface area contributed by atoms with Crippen LogP contribution in [-0.4, -0.2) is 18.7 Å². The molecular formula is C3H11N5. The van der Waals surface area contributed by atoms with Gasteiger partial charge in [0.2, 0.25) is 0 Å². The van der Waals surface area contributed by atoms with Crippen molar-refractivity contribution in [3.63, 3.8) is 0 Å². The summed E-state index contributed by atoms with van der Waals surface area (Å²) in [6, 6.07) is 0. The van der Waals surface area contributed by atoms with Gasteiger partial charge in [0.25, 0.3) is 0 Å². The maximum Gasteiger partial charge on any atom is 0.186 e. The number of nitrogens with zero attached hydrogens (tertiary/aromatic N) is 1. The van der Waals surface area contributed by atoms with E-state index >= 15 is 0 Å². The summed E-state index contributed by atoms with van der Waals surface area (Å²) in [4.78, 5) is 3.55. The second-order valence-corrected chi connectivity index (χ2v) is 1.43. The van der Waals surface area contributed by atoms with Crippen LogP contribution in [0.25, 0.3) is 0 Å². The third kappa shape index (κ3) is 5.19. The maximum atomic E-state index is 5.10. The van der Waals surface area contributed by atoms with Gasteiger partial charge in [0.05, 0.1) is 12.7 Å². The summed E-state index contributed by atoms with van der Waals surface area (Å²) < 4.78 is 0. The van der Waals surface area contributed by atoms with Gasteiger partial charge in [-0.2, -0.15) is 0 Å². The topological polar surface area (TPSA) is 116 Å². The SMILES string of the molecule is NC(N)=NCC(N)N. The Labute approximate surface area is 47.7 Å². The molecule has 0 bridgehead atoms. The molecule has 5 heteroatoms. The van der Waals surface area contributed by atoms with Crippen LogP contribution in [0, 0.1) is 0 Å². The van der Waals surface area contributed by atoms with Gasteiger partial charge >= 0.3 is 0 Å². The Morgan fingerprint density at radius 2 is 1.88 bits per heavy atom. The zero-order chi connectivity index (χ0) is 6.57. The summed E-state index contributed by atoms with van der Waals surface area (Å²) in [7, 11) is 0. The number of rotatable bonds is 2. The molecule has 0 fully saturated rings. The first kappa shape index (κ1) is 7.19. The highest BCUT2D eigenvalue weighted by molar-refractivity contribution is 5.75. The molecule has 0 saturated carbocycles. The molecule has 48 valence electrons. The molecule has 5 nitrogen and oxygen atoms in total. The monoisotopic (exact) mass is 117 g/mol. The van der Waals surface area contributed by atoms with E-state index in [0.717, 1.165) is 0 Å². The number of hydrogen-bond donors (Lipinski definition) is 4. The average Bonchev–Trinajstić information content (AvgIpc) is 1.61. The average molecular weight is 117 g/mol. The molecule has 8 heavy (non-hydrogen) atoms. The van der Waals surface area contributed by atoms with E-state index in [-0.39, 0.29) is 12.5 Å². The van der Waals surface area contributed by atoms with Crippen molar-refractivity contribution >= 4 is 5.96 Å². The first-order valence-corrected chi connectivity index (χ1v) is 2.19. The first-order valence-electron chi connectivity index (χ1n) is 2.19. The molecule has 0 aliphatic carbocycles.